The van der Waals surface area contributed by atoms with Gasteiger partial charge in [0.15, 0.2) is 5.69 Å². The molecule has 3 aromatic rings. The second-order valence-electron chi connectivity index (χ2n) is 8.14. The summed E-state index contributed by atoms with van der Waals surface area (Å²) >= 11 is 0. The molecule has 0 aliphatic carbocycles. The number of alkyl halides is 3. The predicted molar refractivity (Wildman–Crippen MR) is 117 cm³/mol. The average Bonchev–Trinajstić information content (AvgIpc) is 3.12. The zero-order chi connectivity index (χ0) is 23.9. The molecular weight excluding hydrogens is 439 g/mol. The van der Waals surface area contributed by atoms with Crippen LogP contribution in [0, 0.1) is 0 Å². The lowest BCUT2D eigenvalue weighted by Crippen LogP contribution is -2.54. The Hall–Kier alpha value is -3.41. The molecule has 0 radical (unpaired) electrons. The first-order valence-corrected chi connectivity index (χ1v) is 10.3. The Kier molecular flexibility index (Phi) is 5.87. The fourth-order valence-electron chi connectivity index (χ4n) is 4.15. The van der Waals surface area contributed by atoms with E-state index in [0.29, 0.717) is 5.39 Å². The number of carbonyl (C=O) groups excluding carboxylic acids is 1. The van der Waals surface area contributed by atoms with Gasteiger partial charge in [0.2, 0.25) is 0 Å². The standard InChI is InChI=1S/C21H24F3N7O2/c1-11-8-31(9-12(2)26-11)16-6-5-13(17-14(16)7-25-20(28-17)33-4)19(32)27-15-10-30(3)29-18(15)21(22,23)24/h5-7,10-12,26H,8-9H2,1-4H3,(H,27,32)/t11-,12+. The Bertz CT molecular complexity index is 1180. The molecular formula is C21H24F3N7O2. The Balaban J connectivity index is 1.76. The van der Waals surface area contributed by atoms with Crippen LogP contribution in [0.25, 0.3) is 10.9 Å². The van der Waals surface area contributed by atoms with E-state index >= 15 is 0 Å². The molecule has 1 saturated heterocycles. The van der Waals surface area contributed by atoms with Crippen LogP contribution in [0.3, 0.4) is 0 Å². The van der Waals surface area contributed by atoms with Crippen molar-refractivity contribution in [3.05, 3.63) is 35.8 Å². The van der Waals surface area contributed by atoms with E-state index in [2.05, 4.69) is 44.4 Å². The highest BCUT2D eigenvalue weighted by Gasteiger charge is 2.38. The van der Waals surface area contributed by atoms with Gasteiger partial charge in [-0.2, -0.15) is 23.3 Å². The summed E-state index contributed by atoms with van der Waals surface area (Å²) in [6, 6.07) is 3.87. The Morgan fingerprint density at radius 2 is 1.94 bits per heavy atom. The van der Waals surface area contributed by atoms with Crippen molar-refractivity contribution >= 4 is 28.2 Å². The number of rotatable bonds is 4. The molecule has 3 heterocycles. The number of amides is 1. The molecule has 1 fully saturated rings. The number of piperazine rings is 1. The van der Waals surface area contributed by atoms with Crippen LogP contribution in [0.1, 0.15) is 29.9 Å². The number of fused-ring (bicyclic) bond motifs is 1. The SMILES string of the molecule is COc1ncc2c(N3C[C@@H](C)N[C@@H](C)C3)ccc(C(=O)Nc3cn(C)nc3C(F)(F)F)c2n1. The maximum atomic E-state index is 13.3. The third kappa shape index (κ3) is 4.56. The second kappa shape index (κ2) is 8.50. The summed E-state index contributed by atoms with van der Waals surface area (Å²) in [5.74, 6) is -0.743. The average molecular weight is 463 g/mol. The molecule has 1 aliphatic heterocycles. The van der Waals surface area contributed by atoms with Gasteiger partial charge in [-0.3, -0.25) is 9.48 Å². The molecule has 0 bridgehead atoms. The highest BCUT2D eigenvalue weighted by atomic mass is 19.4. The van der Waals surface area contributed by atoms with Crippen LogP contribution < -0.4 is 20.3 Å². The normalized spacial score (nSPS) is 19.1. The monoisotopic (exact) mass is 463 g/mol. The number of benzene rings is 1. The number of halogens is 3. The summed E-state index contributed by atoms with van der Waals surface area (Å²) in [5.41, 5.74) is -0.383. The van der Waals surface area contributed by atoms with Crippen LogP contribution in [0.15, 0.2) is 24.5 Å². The maximum absolute atomic E-state index is 13.3. The van der Waals surface area contributed by atoms with Gasteiger partial charge in [0.1, 0.15) is 0 Å². The molecule has 1 aromatic carbocycles. The maximum Gasteiger partial charge on any atom is 0.437 e. The number of carbonyl (C=O) groups is 1. The number of nitrogens with one attached hydrogen (secondary N) is 2. The lowest BCUT2D eigenvalue weighted by Gasteiger charge is -2.38. The van der Waals surface area contributed by atoms with Crippen molar-refractivity contribution < 1.29 is 22.7 Å². The molecule has 2 aromatic heterocycles. The fourth-order valence-corrected chi connectivity index (χ4v) is 4.15. The Labute approximate surface area is 187 Å². The van der Waals surface area contributed by atoms with E-state index in [4.69, 9.17) is 4.74 Å². The largest absolute Gasteiger partial charge is 0.467 e. The number of methoxy groups -OCH3 is 1. The topological polar surface area (TPSA) is 97.2 Å². The van der Waals surface area contributed by atoms with Crippen LogP contribution in [-0.4, -0.2) is 57.9 Å². The molecule has 0 saturated carbocycles. The van der Waals surface area contributed by atoms with Gasteiger partial charge in [-0.05, 0) is 26.0 Å². The van der Waals surface area contributed by atoms with Gasteiger partial charge in [0.25, 0.3) is 5.91 Å². The highest BCUT2D eigenvalue weighted by molar-refractivity contribution is 6.14. The minimum Gasteiger partial charge on any atom is -0.467 e. The summed E-state index contributed by atoms with van der Waals surface area (Å²) in [4.78, 5) is 23.8. The van der Waals surface area contributed by atoms with Crippen LogP contribution in [0.5, 0.6) is 6.01 Å². The first kappa shape index (κ1) is 22.8. The van der Waals surface area contributed by atoms with Crippen LogP contribution >= 0.6 is 0 Å². The Morgan fingerprint density at radius 1 is 1.24 bits per heavy atom. The summed E-state index contributed by atoms with van der Waals surface area (Å²) in [6.45, 7) is 5.64. The first-order valence-electron chi connectivity index (χ1n) is 10.3. The number of aromatic nitrogens is 4. The lowest BCUT2D eigenvalue weighted by molar-refractivity contribution is -0.140. The summed E-state index contributed by atoms with van der Waals surface area (Å²) in [5, 5.41) is 9.82. The minimum absolute atomic E-state index is 0.0492. The van der Waals surface area contributed by atoms with Crippen molar-refractivity contribution in [2.45, 2.75) is 32.1 Å². The molecule has 1 amide bonds. The number of aryl methyl sites for hydroxylation is 1. The zero-order valence-corrected chi connectivity index (χ0v) is 18.6. The van der Waals surface area contributed by atoms with E-state index < -0.39 is 23.5 Å². The summed E-state index contributed by atoms with van der Waals surface area (Å²) in [7, 11) is 2.75. The van der Waals surface area contributed by atoms with Crippen molar-refractivity contribution in [3.8, 4) is 6.01 Å². The number of nitrogens with zero attached hydrogens (tertiary/aromatic N) is 5. The smallest absolute Gasteiger partial charge is 0.437 e. The number of hydrogen-bond acceptors (Lipinski definition) is 7. The predicted octanol–water partition coefficient (Wildman–Crippen LogP) is 2.83. The summed E-state index contributed by atoms with van der Waals surface area (Å²) < 4.78 is 46.1. The fraction of sp³-hybridized carbons (Fsp3) is 0.429. The zero-order valence-electron chi connectivity index (χ0n) is 18.6. The second-order valence-corrected chi connectivity index (χ2v) is 8.14. The third-order valence-corrected chi connectivity index (χ3v) is 5.38. The van der Waals surface area contributed by atoms with Gasteiger partial charge in [-0.15, -0.1) is 0 Å². The molecule has 12 heteroatoms. The van der Waals surface area contributed by atoms with E-state index in [1.807, 2.05) is 0 Å². The van der Waals surface area contributed by atoms with Gasteiger partial charge < -0.3 is 20.3 Å². The highest BCUT2D eigenvalue weighted by Crippen LogP contribution is 2.35. The quantitative estimate of drug-likeness (QED) is 0.614. The molecule has 4 rings (SSSR count). The van der Waals surface area contributed by atoms with E-state index in [1.54, 1.807) is 18.3 Å². The summed E-state index contributed by atoms with van der Waals surface area (Å²) in [6.07, 6.45) is -2.04. The molecule has 33 heavy (non-hydrogen) atoms. The minimum atomic E-state index is -4.71. The van der Waals surface area contributed by atoms with E-state index in [0.717, 1.165) is 29.7 Å². The van der Waals surface area contributed by atoms with Gasteiger partial charge >= 0.3 is 12.2 Å². The van der Waals surface area contributed by atoms with Gasteiger partial charge in [0, 0.05) is 55.7 Å². The van der Waals surface area contributed by atoms with Crippen LogP contribution in [-0.2, 0) is 13.2 Å². The Morgan fingerprint density at radius 3 is 2.58 bits per heavy atom. The number of hydrogen-bond donors (Lipinski definition) is 2. The van der Waals surface area contributed by atoms with Gasteiger partial charge in [-0.25, -0.2) is 4.98 Å². The molecule has 2 N–H and O–H groups in total. The molecule has 1 aliphatic rings. The van der Waals surface area contributed by atoms with Crippen molar-refractivity contribution in [2.75, 3.05) is 30.4 Å². The first-order chi connectivity index (χ1) is 15.6. The molecule has 176 valence electrons. The van der Waals surface area contributed by atoms with Crippen LogP contribution in [0.4, 0.5) is 24.5 Å². The van der Waals surface area contributed by atoms with E-state index in [9.17, 15) is 18.0 Å². The number of ether oxygens (including phenoxy) is 1. The van der Waals surface area contributed by atoms with Crippen molar-refractivity contribution in [1.29, 1.82) is 0 Å². The van der Waals surface area contributed by atoms with Crippen molar-refractivity contribution in [2.24, 2.45) is 7.05 Å². The molecule has 0 unspecified atom stereocenters. The lowest BCUT2D eigenvalue weighted by atomic mass is 10.0. The molecule has 9 nitrogen and oxygen atoms in total. The third-order valence-electron chi connectivity index (χ3n) is 5.38. The van der Waals surface area contributed by atoms with Gasteiger partial charge in [-0.1, -0.05) is 0 Å². The van der Waals surface area contributed by atoms with E-state index in [1.165, 1.54) is 14.2 Å². The van der Waals surface area contributed by atoms with E-state index in [-0.39, 0.29) is 29.2 Å². The molecule has 2 atom stereocenters. The van der Waals surface area contributed by atoms with Gasteiger partial charge in [0.05, 0.1) is 23.9 Å². The number of anilines is 2. The van der Waals surface area contributed by atoms with Crippen molar-refractivity contribution in [1.82, 2.24) is 25.1 Å². The van der Waals surface area contributed by atoms with Crippen LogP contribution in [0.2, 0.25) is 0 Å². The van der Waals surface area contributed by atoms with Crippen molar-refractivity contribution in [3.63, 3.8) is 0 Å². The molecule has 0 spiro atoms.